The number of ether oxygens (including phenoxy) is 3. The van der Waals surface area contributed by atoms with Gasteiger partial charge >= 0.3 is 0 Å². The second-order valence-corrected chi connectivity index (χ2v) is 4.86. The molecule has 0 N–H and O–H groups in total. The predicted octanol–water partition coefficient (Wildman–Crippen LogP) is 3.57. The van der Waals surface area contributed by atoms with Gasteiger partial charge in [-0.25, -0.2) is 0 Å². The third-order valence-corrected chi connectivity index (χ3v) is 3.13. The molecule has 20 heavy (non-hydrogen) atoms. The van der Waals surface area contributed by atoms with Crippen LogP contribution in [0.15, 0.2) is 46.9 Å². The molecular weight excluding hydrogens is 324 g/mol. The van der Waals surface area contributed by atoms with Gasteiger partial charge in [-0.15, -0.1) is 0 Å². The van der Waals surface area contributed by atoms with Crippen LogP contribution < -0.4 is 14.2 Å². The van der Waals surface area contributed by atoms with Gasteiger partial charge in [0.2, 0.25) is 0 Å². The molecule has 0 aliphatic carbocycles. The first-order valence-electron chi connectivity index (χ1n) is 5.88. The van der Waals surface area contributed by atoms with Crippen molar-refractivity contribution < 1.29 is 19.0 Å². The van der Waals surface area contributed by atoms with Crippen LogP contribution in [0, 0.1) is 0 Å². The molecule has 5 heteroatoms. The number of methoxy groups -OCH3 is 1. The molecule has 2 rings (SSSR count). The van der Waals surface area contributed by atoms with Gasteiger partial charge in [0.1, 0.15) is 12.4 Å². The highest BCUT2D eigenvalue weighted by atomic mass is 79.9. The van der Waals surface area contributed by atoms with Crippen molar-refractivity contribution in [3.63, 3.8) is 0 Å². The lowest BCUT2D eigenvalue weighted by Crippen LogP contribution is -1.99. The minimum absolute atomic E-state index is 0.376. The van der Waals surface area contributed by atoms with Crippen LogP contribution in [0.1, 0.15) is 5.56 Å². The first-order valence-corrected chi connectivity index (χ1v) is 6.68. The Kier molecular flexibility index (Phi) is 5.01. The highest BCUT2D eigenvalue weighted by Gasteiger charge is 2.06. The minimum Gasteiger partial charge on any atom is -0.497 e. The van der Waals surface area contributed by atoms with Crippen molar-refractivity contribution in [1.29, 1.82) is 0 Å². The van der Waals surface area contributed by atoms with Crippen LogP contribution in [-0.2, 0) is 11.4 Å². The van der Waals surface area contributed by atoms with E-state index in [1.54, 1.807) is 19.2 Å². The molecule has 0 atom stereocenters. The van der Waals surface area contributed by atoms with Gasteiger partial charge in [0.25, 0.3) is 6.47 Å². The molecule has 2 aromatic carbocycles. The number of rotatable bonds is 6. The highest BCUT2D eigenvalue weighted by molar-refractivity contribution is 9.10. The normalized spacial score (nSPS) is 9.90. The molecule has 0 spiro atoms. The van der Waals surface area contributed by atoms with Crippen LogP contribution in [-0.4, -0.2) is 13.6 Å². The summed E-state index contributed by atoms with van der Waals surface area (Å²) in [4.78, 5) is 10.5. The van der Waals surface area contributed by atoms with Gasteiger partial charge in [-0.1, -0.05) is 28.1 Å². The zero-order valence-electron chi connectivity index (χ0n) is 10.8. The first kappa shape index (κ1) is 14.4. The molecular formula is C15H13BrO4. The Bertz CT molecular complexity index is 581. The smallest absolute Gasteiger partial charge is 0.298 e. The predicted molar refractivity (Wildman–Crippen MR) is 78.2 cm³/mol. The van der Waals surface area contributed by atoms with Crippen molar-refractivity contribution >= 4 is 22.4 Å². The number of hydrogen-bond donors (Lipinski definition) is 0. The van der Waals surface area contributed by atoms with Crippen LogP contribution in [0.4, 0.5) is 0 Å². The molecule has 4 nitrogen and oxygen atoms in total. The van der Waals surface area contributed by atoms with Gasteiger partial charge < -0.3 is 14.2 Å². The number of benzene rings is 2. The van der Waals surface area contributed by atoms with E-state index in [1.807, 2.05) is 30.3 Å². The van der Waals surface area contributed by atoms with Crippen LogP contribution >= 0.6 is 15.9 Å². The Labute approximate surface area is 125 Å². The average Bonchev–Trinajstić information content (AvgIpc) is 2.47. The van der Waals surface area contributed by atoms with E-state index in [0.717, 1.165) is 15.8 Å². The second-order valence-electron chi connectivity index (χ2n) is 3.94. The molecule has 0 amide bonds. The second kappa shape index (κ2) is 6.96. The summed E-state index contributed by atoms with van der Waals surface area (Å²) < 4.78 is 16.4. The lowest BCUT2D eigenvalue weighted by molar-refractivity contribution is -0.120. The molecule has 0 heterocycles. The number of hydrogen-bond acceptors (Lipinski definition) is 4. The SMILES string of the molecule is COc1ccc(COc2ccc(Br)cc2OC=O)cc1. The van der Waals surface area contributed by atoms with Crippen molar-refractivity contribution in [2.24, 2.45) is 0 Å². The fourth-order valence-corrected chi connectivity index (χ4v) is 1.97. The van der Waals surface area contributed by atoms with Crippen molar-refractivity contribution in [3.05, 3.63) is 52.5 Å². The summed E-state index contributed by atoms with van der Waals surface area (Å²) in [5, 5.41) is 0. The standard InChI is InChI=1S/C15H13BrO4/c1-18-13-5-2-11(3-6-13)9-19-14-7-4-12(16)8-15(14)20-10-17/h2-8,10H,9H2,1H3. The van der Waals surface area contributed by atoms with Crippen molar-refractivity contribution in [3.8, 4) is 17.2 Å². The summed E-state index contributed by atoms with van der Waals surface area (Å²) in [5.41, 5.74) is 0.991. The summed E-state index contributed by atoms with van der Waals surface area (Å²) in [7, 11) is 1.62. The van der Waals surface area contributed by atoms with Crippen LogP contribution in [0.2, 0.25) is 0 Å². The molecule has 0 fully saturated rings. The fraction of sp³-hybridized carbons (Fsp3) is 0.133. The van der Waals surface area contributed by atoms with E-state index in [2.05, 4.69) is 15.9 Å². The van der Waals surface area contributed by atoms with Gasteiger partial charge in [0.05, 0.1) is 7.11 Å². The Morgan fingerprint density at radius 1 is 1.10 bits per heavy atom. The van der Waals surface area contributed by atoms with Gasteiger partial charge in [0.15, 0.2) is 11.5 Å². The Balaban J connectivity index is 2.07. The maximum atomic E-state index is 10.5. The molecule has 0 radical (unpaired) electrons. The van der Waals surface area contributed by atoms with E-state index >= 15 is 0 Å². The third kappa shape index (κ3) is 3.74. The number of carbonyl (C=O) groups is 1. The van der Waals surface area contributed by atoms with E-state index in [0.29, 0.717) is 24.6 Å². The molecule has 0 aliphatic rings. The van der Waals surface area contributed by atoms with Crippen molar-refractivity contribution in [2.45, 2.75) is 6.61 Å². The highest BCUT2D eigenvalue weighted by Crippen LogP contribution is 2.30. The zero-order chi connectivity index (χ0) is 14.4. The monoisotopic (exact) mass is 336 g/mol. The van der Waals surface area contributed by atoms with Crippen LogP contribution in [0.5, 0.6) is 17.2 Å². The summed E-state index contributed by atoms with van der Waals surface area (Å²) in [6.45, 7) is 0.753. The fourth-order valence-electron chi connectivity index (χ4n) is 1.63. The van der Waals surface area contributed by atoms with E-state index in [-0.39, 0.29) is 0 Å². The Morgan fingerprint density at radius 3 is 2.50 bits per heavy atom. The first-order chi connectivity index (χ1) is 9.72. The Morgan fingerprint density at radius 2 is 1.85 bits per heavy atom. The van der Waals surface area contributed by atoms with Gasteiger partial charge in [-0.3, -0.25) is 4.79 Å². The van der Waals surface area contributed by atoms with Gasteiger partial charge in [-0.05, 0) is 35.9 Å². The maximum Gasteiger partial charge on any atom is 0.298 e. The van der Waals surface area contributed by atoms with Crippen molar-refractivity contribution in [2.75, 3.05) is 7.11 Å². The average molecular weight is 337 g/mol. The van der Waals surface area contributed by atoms with E-state index in [1.165, 1.54) is 0 Å². The largest absolute Gasteiger partial charge is 0.497 e. The summed E-state index contributed by atoms with van der Waals surface area (Å²) in [5.74, 6) is 1.68. The molecule has 2 aromatic rings. The molecule has 0 saturated carbocycles. The molecule has 0 aromatic heterocycles. The maximum absolute atomic E-state index is 10.5. The lowest BCUT2D eigenvalue weighted by Gasteiger charge is -2.10. The molecule has 0 bridgehead atoms. The molecule has 104 valence electrons. The number of carbonyl (C=O) groups excluding carboxylic acids is 1. The van der Waals surface area contributed by atoms with E-state index in [9.17, 15) is 4.79 Å². The van der Waals surface area contributed by atoms with Crippen LogP contribution in [0.3, 0.4) is 0 Å². The number of halogens is 1. The quantitative estimate of drug-likeness (QED) is 0.756. The van der Waals surface area contributed by atoms with Crippen LogP contribution in [0.25, 0.3) is 0 Å². The van der Waals surface area contributed by atoms with E-state index < -0.39 is 0 Å². The minimum atomic E-state index is 0.376. The molecule has 0 saturated heterocycles. The Hall–Kier alpha value is -2.01. The summed E-state index contributed by atoms with van der Waals surface area (Å²) in [6.07, 6.45) is 0. The molecule has 0 aliphatic heterocycles. The van der Waals surface area contributed by atoms with Gasteiger partial charge in [-0.2, -0.15) is 0 Å². The topological polar surface area (TPSA) is 44.8 Å². The summed E-state index contributed by atoms with van der Waals surface area (Å²) >= 11 is 3.31. The zero-order valence-corrected chi connectivity index (χ0v) is 12.4. The third-order valence-electron chi connectivity index (χ3n) is 2.63. The summed E-state index contributed by atoms with van der Waals surface area (Å²) in [6, 6.07) is 12.8. The van der Waals surface area contributed by atoms with Gasteiger partial charge in [0, 0.05) is 4.47 Å². The van der Waals surface area contributed by atoms with Crippen molar-refractivity contribution in [1.82, 2.24) is 0 Å². The van der Waals surface area contributed by atoms with E-state index in [4.69, 9.17) is 14.2 Å². The molecule has 0 unspecified atom stereocenters. The lowest BCUT2D eigenvalue weighted by atomic mass is 10.2.